The van der Waals surface area contributed by atoms with E-state index in [4.69, 9.17) is 15.0 Å². The minimum atomic E-state index is -0.0727. The molecule has 7 nitrogen and oxygen atoms in total. The predicted molar refractivity (Wildman–Crippen MR) is 92.5 cm³/mol. The van der Waals surface area contributed by atoms with Gasteiger partial charge in [0.1, 0.15) is 5.75 Å². The van der Waals surface area contributed by atoms with Crippen LogP contribution in [0.25, 0.3) is 0 Å². The highest BCUT2D eigenvalue weighted by molar-refractivity contribution is 5.91. The molecule has 1 aliphatic carbocycles. The van der Waals surface area contributed by atoms with Crippen molar-refractivity contribution in [1.29, 1.82) is 0 Å². The standard InChI is InChI=1S/C16H20N4O3.ClH/c1-22-13-8-7-11(9-12(13)17)18-14(21)3-2-4-15-19-16(20-23-15)10-5-6-10;/h7-10H,2-6,17H2,1H3,(H,18,21);1H. The van der Waals surface area contributed by atoms with Gasteiger partial charge in [0.2, 0.25) is 11.8 Å². The molecular weight excluding hydrogens is 332 g/mol. The van der Waals surface area contributed by atoms with Gasteiger partial charge in [0.15, 0.2) is 5.82 Å². The molecular formula is C16H21ClN4O3. The molecule has 0 spiro atoms. The number of carbonyl (C=O) groups excluding carboxylic acids is 1. The van der Waals surface area contributed by atoms with Crippen molar-refractivity contribution in [2.75, 3.05) is 18.2 Å². The number of aryl methyl sites for hydroxylation is 1. The second kappa shape index (κ2) is 8.01. The fourth-order valence-electron chi connectivity index (χ4n) is 2.31. The van der Waals surface area contributed by atoms with Gasteiger partial charge in [-0.05, 0) is 37.5 Å². The number of nitrogens with one attached hydrogen (secondary N) is 1. The largest absolute Gasteiger partial charge is 0.495 e. The van der Waals surface area contributed by atoms with Crippen molar-refractivity contribution in [1.82, 2.24) is 10.1 Å². The summed E-state index contributed by atoms with van der Waals surface area (Å²) in [5.41, 5.74) is 6.96. The summed E-state index contributed by atoms with van der Waals surface area (Å²) in [5, 5.41) is 6.77. The topological polar surface area (TPSA) is 103 Å². The highest BCUT2D eigenvalue weighted by atomic mass is 35.5. The maximum Gasteiger partial charge on any atom is 0.226 e. The van der Waals surface area contributed by atoms with Crippen molar-refractivity contribution in [3.63, 3.8) is 0 Å². The van der Waals surface area contributed by atoms with Crippen molar-refractivity contribution >= 4 is 29.7 Å². The van der Waals surface area contributed by atoms with Crippen LogP contribution in [0.1, 0.15) is 43.3 Å². The maximum atomic E-state index is 11.9. The summed E-state index contributed by atoms with van der Waals surface area (Å²) in [5.74, 6) is 2.41. The quantitative estimate of drug-likeness (QED) is 0.742. The number of nitrogens with two attached hydrogens (primary N) is 1. The third-order valence-corrected chi connectivity index (χ3v) is 3.73. The molecule has 1 aromatic heterocycles. The number of anilines is 2. The van der Waals surface area contributed by atoms with Crippen LogP contribution in [-0.2, 0) is 11.2 Å². The molecule has 0 unspecified atom stereocenters. The molecule has 1 amide bonds. The number of nitrogens with zero attached hydrogens (tertiary/aromatic N) is 2. The Labute approximate surface area is 146 Å². The van der Waals surface area contributed by atoms with E-state index in [9.17, 15) is 4.79 Å². The number of carbonyl (C=O) groups is 1. The van der Waals surface area contributed by atoms with E-state index < -0.39 is 0 Å². The zero-order chi connectivity index (χ0) is 16.2. The van der Waals surface area contributed by atoms with E-state index >= 15 is 0 Å². The Bertz CT molecular complexity index is 700. The molecule has 1 fully saturated rings. The summed E-state index contributed by atoms with van der Waals surface area (Å²) in [6.07, 6.45) is 3.94. The van der Waals surface area contributed by atoms with E-state index in [-0.39, 0.29) is 18.3 Å². The number of aromatic nitrogens is 2. The lowest BCUT2D eigenvalue weighted by molar-refractivity contribution is -0.116. The van der Waals surface area contributed by atoms with Gasteiger partial charge in [-0.1, -0.05) is 5.16 Å². The molecule has 0 bridgehead atoms. The summed E-state index contributed by atoms with van der Waals surface area (Å²) in [7, 11) is 1.55. The van der Waals surface area contributed by atoms with Gasteiger partial charge in [0.05, 0.1) is 12.8 Å². The molecule has 0 aliphatic heterocycles. The monoisotopic (exact) mass is 352 g/mol. The van der Waals surface area contributed by atoms with Crippen LogP contribution < -0.4 is 15.8 Å². The molecule has 3 rings (SSSR count). The van der Waals surface area contributed by atoms with Gasteiger partial charge >= 0.3 is 0 Å². The van der Waals surface area contributed by atoms with E-state index in [2.05, 4.69) is 15.5 Å². The van der Waals surface area contributed by atoms with Crippen molar-refractivity contribution in [2.45, 2.75) is 38.0 Å². The second-order valence-electron chi connectivity index (χ2n) is 5.68. The third-order valence-electron chi connectivity index (χ3n) is 3.73. The van der Waals surface area contributed by atoms with Crippen LogP contribution in [0.2, 0.25) is 0 Å². The lowest BCUT2D eigenvalue weighted by atomic mass is 10.2. The number of benzene rings is 1. The molecule has 2 aromatic rings. The predicted octanol–water partition coefficient (Wildman–Crippen LogP) is 2.92. The third kappa shape index (κ3) is 4.61. The van der Waals surface area contributed by atoms with E-state index in [1.807, 2.05) is 0 Å². The molecule has 3 N–H and O–H groups in total. The van der Waals surface area contributed by atoms with E-state index in [0.717, 1.165) is 18.7 Å². The fourth-order valence-corrected chi connectivity index (χ4v) is 2.31. The van der Waals surface area contributed by atoms with Crippen LogP contribution in [0.3, 0.4) is 0 Å². The van der Waals surface area contributed by atoms with E-state index in [0.29, 0.717) is 48.2 Å². The molecule has 1 aliphatic rings. The minimum absolute atomic E-state index is 0. The molecule has 1 heterocycles. The molecule has 1 saturated carbocycles. The summed E-state index contributed by atoms with van der Waals surface area (Å²) >= 11 is 0. The first kappa shape index (κ1) is 18.1. The van der Waals surface area contributed by atoms with Crippen molar-refractivity contribution in [2.24, 2.45) is 0 Å². The Morgan fingerprint density at radius 2 is 2.25 bits per heavy atom. The average molecular weight is 353 g/mol. The Morgan fingerprint density at radius 1 is 1.46 bits per heavy atom. The Hall–Kier alpha value is -2.28. The Balaban J connectivity index is 0.00000208. The number of hydrogen-bond acceptors (Lipinski definition) is 6. The van der Waals surface area contributed by atoms with Gasteiger partial charge in [0, 0.05) is 24.4 Å². The van der Waals surface area contributed by atoms with Crippen LogP contribution in [0, 0.1) is 0 Å². The number of amides is 1. The lowest BCUT2D eigenvalue weighted by Crippen LogP contribution is -2.11. The molecule has 0 atom stereocenters. The number of ether oxygens (including phenoxy) is 1. The fraction of sp³-hybridized carbons (Fsp3) is 0.438. The number of nitrogen functional groups attached to an aromatic ring is 1. The SMILES string of the molecule is COc1ccc(NC(=O)CCCc2nc(C3CC3)no2)cc1N.Cl. The molecule has 24 heavy (non-hydrogen) atoms. The van der Waals surface area contributed by atoms with Crippen molar-refractivity contribution in [3.8, 4) is 5.75 Å². The highest BCUT2D eigenvalue weighted by Gasteiger charge is 2.28. The Morgan fingerprint density at radius 3 is 2.92 bits per heavy atom. The van der Waals surface area contributed by atoms with E-state index in [1.54, 1.807) is 25.3 Å². The normalized spacial score (nSPS) is 13.2. The first-order valence-corrected chi connectivity index (χ1v) is 7.71. The van der Waals surface area contributed by atoms with Gasteiger partial charge in [-0.25, -0.2) is 0 Å². The lowest BCUT2D eigenvalue weighted by Gasteiger charge is -2.08. The summed E-state index contributed by atoms with van der Waals surface area (Å²) in [4.78, 5) is 16.3. The van der Waals surface area contributed by atoms with Crippen molar-refractivity contribution in [3.05, 3.63) is 29.9 Å². The van der Waals surface area contributed by atoms with Gasteiger partial charge in [-0.15, -0.1) is 12.4 Å². The minimum Gasteiger partial charge on any atom is -0.495 e. The van der Waals surface area contributed by atoms with Crippen LogP contribution >= 0.6 is 12.4 Å². The molecule has 0 radical (unpaired) electrons. The Kier molecular flexibility index (Phi) is 6.03. The highest BCUT2D eigenvalue weighted by Crippen LogP contribution is 2.38. The smallest absolute Gasteiger partial charge is 0.226 e. The van der Waals surface area contributed by atoms with Gasteiger partial charge < -0.3 is 20.3 Å². The van der Waals surface area contributed by atoms with Crippen molar-refractivity contribution < 1.29 is 14.1 Å². The van der Waals surface area contributed by atoms with Crippen LogP contribution in [0.5, 0.6) is 5.75 Å². The van der Waals surface area contributed by atoms with Crippen LogP contribution in [0.4, 0.5) is 11.4 Å². The molecule has 130 valence electrons. The number of rotatable bonds is 7. The second-order valence-corrected chi connectivity index (χ2v) is 5.68. The first-order chi connectivity index (χ1) is 11.2. The van der Waals surface area contributed by atoms with Gasteiger partial charge in [-0.2, -0.15) is 4.98 Å². The summed E-state index contributed by atoms with van der Waals surface area (Å²) < 4.78 is 10.3. The summed E-state index contributed by atoms with van der Waals surface area (Å²) in [6.45, 7) is 0. The first-order valence-electron chi connectivity index (χ1n) is 7.71. The average Bonchev–Trinajstić information content (AvgIpc) is 3.27. The zero-order valence-corrected chi connectivity index (χ0v) is 14.3. The van der Waals surface area contributed by atoms with E-state index in [1.165, 1.54) is 0 Å². The number of methoxy groups -OCH3 is 1. The van der Waals surface area contributed by atoms with Crippen LogP contribution in [0.15, 0.2) is 22.7 Å². The van der Waals surface area contributed by atoms with Gasteiger partial charge in [0.25, 0.3) is 0 Å². The number of hydrogen-bond donors (Lipinski definition) is 2. The zero-order valence-electron chi connectivity index (χ0n) is 13.4. The van der Waals surface area contributed by atoms with Crippen LogP contribution in [-0.4, -0.2) is 23.2 Å². The molecule has 8 heteroatoms. The summed E-state index contributed by atoms with van der Waals surface area (Å²) in [6, 6.07) is 5.16. The molecule has 1 aromatic carbocycles. The van der Waals surface area contributed by atoms with Gasteiger partial charge in [-0.3, -0.25) is 4.79 Å². The maximum absolute atomic E-state index is 11.9. The number of halogens is 1. The molecule has 0 saturated heterocycles.